The number of ether oxygens (including phenoxy) is 1. The lowest BCUT2D eigenvalue weighted by Crippen LogP contribution is -2.57. The molecule has 2 aromatic carbocycles. The molecule has 2 fully saturated rings. The predicted octanol–water partition coefficient (Wildman–Crippen LogP) is 3.35. The third-order valence-corrected chi connectivity index (χ3v) is 6.69. The number of hydrogen-bond acceptors (Lipinski definition) is 5. The first-order valence-corrected chi connectivity index (χ1v) is 11.5. The molecule has 0 aromatic heterocycles. The Morgan fingerprint density at radius 2 is 1.79 bits per heavy atom. The van der Waals surface area contributed by atoms with E-state index in [4.69, 9.17) is 4.74 Å². The van der Waals surface area contributed by atoms with E-state index in [0.29, 0.717) is 0 Å². The van der Waals surface area contributed by atoms with Crippen molar-refractivity contribution in [2.45, 2.75) is 38.4 Å². The van der Waals surface area contributed by atoms with Gasteiger partial charge in [-0.1, -0.05) is 68.5 Å². The van der Waals surface area contributed by atoms with E-state index in [9.17, 15) is 19.5 Å². The highest BCUT2D eigenvalue weighted by atomic mass is 16.5. The first-order chi connectivity index (χ1) is 16.3. The first-order valence-electron chi connectivity index (χ1n) is 11.5. The Morgan fingerprint density at radius 3 is 2.38 bits per heavy atom. The predicted molar refractivity (Wildman–Crippen MR) is 128 cm³/mol. The SMILES string of the molecule is COc1ccc(C=CC2NC(CC(C)C)(C(=O)O)C3C(=O)N(Cc4ccccc4)C(=O)C23)cc1. The smallest absolute Gasteiger partial charge is 0.324 e. The van der Waals surface area contributed by atoms with E-state index in [1.54, 1.807) is 7.11 Å². The van der Waals surface area contributed by atoms with Crippen LogP contribution in [0.3, 0.4) is 0 Å². The molecule has 2 aliphatic heterocycles. The number of aliphatic carboxylic acids is 1. The molecule has 2 heterocycles. The van der Waals surface area contributed by atoms with Crippen LogP contribution < -0.4 is 10.1 Å². The molecule has 0 saturated carbocycles. The normalized spacial score (nSPS) is 26.5. The minimum Gasteiger partial charge on any atom is -0.497 e. The van der Waals surface area contributed by atoms with Gasteiger partial charge in [-0.05, 0) is 35.6 Å². The average Bonchev–Trinajstić information content (AvgIpc) is 3.27. The van der Waals surface area contributed by atoms with Gasteiger partial charge in [0.05, 0.1) is 25.5 Å². The van der Waals surface area contributed by atoms with Gasteiger partial charge in [-0.3, -0.25) is 24.6 Å². The van der Waals surface area contributed by atoms with Crippen molar-refractivity contribution in [3.63, 3.8) is 0 Å². The van der Waals surface area contributed by atoms with Gasteiger partial charge in [0.1, 0.15) is 11.3 Å². The number of nitrogens with zero attached hydrogens (tertiary/aromatic N) is 1. The molecule has 2 N–H and O–H groups in total. The number of hydrogen-bond donors (Lipinski definition) is 2. The molecule has 4 rings (SSSR count). The van der Waals surface area contributed by atoms with E-state index in [1.807, 2.05) is 80.6 Å². The third kappa shape index (κ3) is 4.23. The van der Waals surface area contributed by atoms with Gasteiger partial charge in [0, 0.05) is 6.04 Å². The minimum atomic E-state index is -1.51. The fourth-order valence-corrected chi connectivity index (χ4v) is 5.24. The van der Waals surface area contributed by atoms with Crippen molar-refractivity contribution in [1.82, 2.24) is 10.2 Å². The molecule has 7 heteroatoms. The van der Waals surface area contributed by atoms with E-state index < -0.39 is 35.3 Å². The van der Waals surface area contributed by atoms with Crippen molar-refractivity contribution < 1.29 is 24.2 Å². The molecule has 0 bridgehead atoms. The average molecular weight is 463 g/mol. The largest absolute Gasteiger partial charge is 0.497 e. The van der Waals surface area contributed by atoms with Crippen LogP contribution in [-0.4, -0.2) is 46.5 Å². The fourth-order valence-electron chi connectivity index (χ4n) is 5.24. The van der Waals surface area contributed by atoms with Crippen molar-refractivity contribution in [3.05, 3.63) is 71.8 Å². The molecule has 0 aliphatic carbocycles. The molecule has 0 spiro atoms. The van der Waals surface area contributed by atoms with Crippen LogP contribution in [0.2, 0.25) is 0 Å². The van der Waals surface area contributed by atoms with Gasteiger partial charge in [-0.25, -0.2) is 0 Å². The summed E-state index contributed by atoms with van der Waals surface area (Å²) in [6, 6.07) is 16.1. The maximum Gasteiger partial charge on any atom is 0.324 e. The van der Waals surface area contributed by atoms with Crippen LogP contribution in [0, 0.1) is 17.8 Å². The van der Waals surface area contributed by atoms with Crippen molar-refractivity contribution in [3.8, 4) is 5.75 Å². The number of likely N-dealkylation sites (tertiary alicyclic amines) is 1. The standard InChI is InChI=1S/C27H30N2O5/c1-17(2)15-27(26(32)33)23-22(21(28-27)14-11-18-9-12-20(34-3)13-10-18)24(30)29(25(23)31)16-19-7-5-4-6-8-19/h4-14,17,21-23,28H,15-16H2,1-3H3,(H,32,33). The number of methoxy groups -OCH3 is 1. The molecule has 2 aliphatic rings. The summed E-state index contributed by atoms with van der Waals surface area (Å²) in [7, 11) is 1.59. The number of carbonyl (C=O) groups excluding carboxylic acids is 2. The molecule has 2 saturated heterocycles. The number of fused-ring (bicyclic) bond motifs is 1. The Morgan fingerprint density at radius 1 is 1.12 bits per heavy atom. The third-order valence-electron chi connectivity index (χ3n) is 6.69. The highest BCUT2D eigenvalue weighted by Gasteiger charge is 2.67. The van der Waals surface area contributed by atoms with Gasteiger partial charge in [0.2, 0.25) is 11.8 Å². The second-order valence-electron chi connectivity index (χ2n) is 9.43. The topological polar surface area (TPSA) is 95.9 Å². The highest BCUT2D eigenvalue weighted by molar-refractivity contribution is 6.09. The molecule has 4 atom stereocenters. The van der Waals surface area contributed by atoms with Crippen molar-refractivity contribution >= 4 is 23.9 Å². The zero-order chi connectivity index (χ0) is 24.5. The van der Waals surface area contributed by atoms with Gasteiger partial charge >= 0.3 is 5.97 Å². The van der Waals surface area contributed by atoms with Crippen LogP contribution in [0.4, 0.5) is 0 Å². The van der Waals surface area contributed by atoms with Gasteiger partial charge in [-0.2, -0.15) is 0 Å². The molecule has 7 nitrogen and oxygen atoms in total. The Kier molecular flexibility index (Phi) is 6.57. The number of carboxylic acid groups (broad SMARTS) is 1. The van der Waals surface area contributed by atoms with Crippen LogP contribution in [0.5, 0.6) is 5.75 Å². The summed E-state index contributed by atoms with van der Waals surface area (Å²) in [6.07, 6.45) is 3.90. The van der Waals surface area contributed by atoms with Crippen LogP contribution in [0.25, 0.3) is 6.08 Å². The zero-order valence-corrected chi connectivity index (χ0v) is 19.6. The molecule has 34 heavy (non-hydrogen) atoms. The van der Waals surface area contributed by atoms with Crippen LogP contribution >= 0.6 is 0 Å². The van der Waals surface area contributed by atoms with E-state index in [2.05, 4.69) is 5.32 Å². The Hall–Kier alpha value is -3.45. The monoisotopic (exact) mass is 462 g/mol. The zero-order valence-electron chi connectivity index (χ0n) is 19.6. The van der Waals surface area contributed by atoms with Crippen LogP contribution in [0.15, 0.2) is 60.7 Å². The van der Waals surface area contributed by atoms with Crippen LogP contribution in [-0.2, 0) is 20.9 Å². The first kappa shape index (κ1) is 23.7. The van der Waals surface area contributed by atoms with Crippen molar-refractivity contribution in [2.75, 3.05) is 7.11 Å². The number of carboxylic acids is 1. The molecule has 0 radical (unpaired) electrons. The summed E-state index contributed by atoms with van der Waals surface area (Å²) in [6.45, 7) is 3.98. The van der Waals surface area contributed by atoms with E-state index >= 15 is 0 Å². The van der Waals surface area contributed by atoms with Gasteiger partial charge in [0.25, 0.3) is 0 Å². The summed E-state index contributed by atoms with van der Waals surface area (Å²) in [5, 5.41) is 13.5. The van der Waals surface area contributed by atoms with Gasteiger partial charge in [-0.15, -0.1) is 0 Å². The lowest BCUT2D eigenvalue weighted by Gasteiger charge is -2.32. The summed E-state index contributed by atoms with van der Waals surface area (Å²) >= 11 is 0. The lowest BCUT2D eigenvalue weighted by molar-refractivity contribution is -0.152. The number of amides is 2. The second kappa shape index (κ2) is 9.43. The number of nitrogens with one attached hydrogen (secondary N) is 1. The summed E-state index contributed by atoms with van der Waals surface area (Å²) in [4.78, 5) is 40.9. The van der Waals surface area contributed by atoms with E-state index in [0.717, 1.165) is 16.9 Å². The molecular formula is C27H30N2O5. The maximum absolute atomic E-state index is 13.6. The summed E-state index contributed by atoms with van der Waals surface area (Å²) < 4.78 is 5.19. The van der Waals surface area contributed by atoms with E-state index in [1.165, 1.54) is 4.90 Å². The van der Waals surface area contributed by atoms with Gasteiger partial charge in [0.15, 0.2) is 0 Å². The van der Waals surface area contributed by atoms with Crippen LogP contribution in [0.1, 0.15) is 31.4 Å². The van der Waals surface area contributed by atoms with Crippen molar-refractivity contribution in [1.29, 1.82) is 0 Å². The fraction of sp³-hybridized carbons (Fsp3) is 0.370. The number of carbonyl (C=O) groups is 3. The number of rotatable bonds is 8. The maximum atomic E-state index is 13.6. The summed E-state index contributed by atoms with van der Waals surface area (Å²) in [5.41, 5.74) is 0.201. The second-order valence-corrected chi connectivity index (χ2v) is 9.43. The Bertz CT molecular complexity index is 1100. The quantitative estimate of drug-likeness (QED) is 0.584. The molecule has 2 aromatic rings. The molecular weight excluding hydrogens is 432 g/mol. The Balaban J connectivity index is 1.70. The molecule has 178 valence electrons. The van der Waals surface area contributed by atoms with Gasteiger partial charge < -0.3 is 9.84 Å². The Labute approximate surface area is 199 Å². The minimum absolute atomic E-state index is 0.0136. The number of benzene rings is 2. The summed E-state index contributed by atoms with van der Waals surface area (Å²) in [5.74, 6) is -2.85. The van der Waals surface area contributed by atoms with E-state index in [-0.39, 0.29) is 24.8 Å². The van der Waals surface area contributed by atoms with Crippen molar-refractivity contribution in [2.24, 2.45) is 17.8 Å². The molecule has 2 amide bonds. The number of imide groups is 1. The lowest BCUT2D eigenvalue weighted by atomic mass is 9.75. The molecule has 4 unspecified atom stereocenters. The highest BCUT2D eigenvalue weighted by Crippen LogP contribution is 2.46.